The molecular weight excluding hydrogens is 207 g/mol. The third-order valence-corrected chi connectivity index (χ3v) is 1.72. The summed E-state index contributed by atoms with van der Waals surface area (Å²) in [7, 11) is 0. The van der Waals surface area contributed by atoms with Crippen LogP contribution in [0.3, 0.4) is 0 Å². The fourth-order valence-electron chi connectivity index (χ4n) is 0.175. The first kappa shape index (κ1) is 10.3. The molecule has 0 aliphatic heterocycles. The highest BCUT2D eigenvalue weighted by atomic mass is 35.5. The van der Waals surface area contributed by atoms with E-state index < -0.39 is 10.1 Å². The molecule has 0 heterocycles. The molecule has 10 heavy (non-hydrogen) atoms. The number of nitrogens with one attached hydrogen (secondary N) is 1. The number of halogens is 4. The average Bonchev–Trinajstić information content (AvgIpc) is 1.59. The van der Waals surface area contributed by atoms with Crippen LogP contribution in [0.2, 0.25) is 0 Å². The van der Waals surface area contributed by atoms with E-state index in [4.69, 9.17) is 23.2 Å². The van der Waals surface area contributed by atoms with Crippen LogP contribution in [0.5, 0.6) is 0 Å². The van der Waals surface area contributed by atoms with Gasteiger partial charge in [-0.3, -0.25) is 0 Å². The minimum atomic E-state index is -2.48. The van der Waals surface area contributed by atoms with E-state index in [1.807, 2.05) is 0 Å². The van der Waals surface area contributed by atoms with E-state index in [-0.39, 0.29) is 5.88 Å². The number of thioether (sulfide) groups is 1. The van der Waals surface area contributed by atoms with Crippen LogP contribution >= 0.6 is 35.0 Å². The van der Waals surface area contributed by atoms with E-state index in [0.29, 0.717) is 11.8 Å². The smallest absolute Gasteiger partial charge is 0.319 e. The summed E-state index contributed by atoms with van der Waals surface area (Å²) in [6.07, 6.45) is -1.75. The standard InChI is InChI=1S/C3H3Cl2F2NOS/c4-3(5,7)10-1-8-2(6)9/h1H2,(H,8,9). The molecule has 0 aromatic heterocycles. The molecule has 0 aliphatic rings. The molecule has 0 radical (unpaired) electrons. The SMILES string of the molecule is O=C(F)NCSC(F)(Cl)Cl. The lowest BCUT2D eigenvalue weighted by Gasteiger charge is -2.06. The Morgan fingerprint density at radius 1 is 1.70 bits per heavy atom. The van der Waals surface area contributed by atoms with Crippen LogP contribution in [0.25, 0.3) is 0 Å². The van der Waals surface area contributed by atoms with Gasteiger partial charge in [0.15, 0.2) is 0 Å². The number of rotatable bonds is 3. The predicted molar refractivity (Wildman–Crippen MR) is 37.6 cm³/mol. The van der Waals surface area contributed by atoms with Gasteiger partial charge in [0.2, 0.25) is 0 Å². The van der Waals surface area contributed by atoms with Gasteiger partial charge >= 0.3 is 10.1 Å². The summed E-state index contributed by atoms with van der Waals surface area (Å²) in [6, 6.07) is 0. The summed E-state index contributed by atoms with van der Waals surface area (Å²) in [5, 5.41) is 1.65. The number of amides is 1. The molecular formula is C3H3Cl2F2NOS. The number of hydrogen-bond donors (Lipinski definition) is 1. The summed E-state index contributed by atoms with van der Waals surface area (Å²) in [6.45, 7) is 0. The topological polar surface area (TPSA) is 29.1 Å². The van der Waals surface area contributed by atoms with E-state index >= 15 is 0 Å². The second-order valence-electron chi connectivity index (χ2n) is 1.18. The minimum absolute atomic E-state index is 0.307. The van der Waals surface area contributed by atoms with Crippen molar-refractivity contribution in [1.29, 1.82) is 0 Å². The van der Waals surface area contributed by atoms with Gasteiger partial charge in [-0.1, -0.05) is 35.0 Å². The Morgan fingerprint density at radius 3 is 2.50 bits per heavy atom. The summed E-state index contributed by atoms with van der Waals surface area (Å²) in [4.78, 5) is 9.53. The molecule has 0 saturated carbocycles. The maximum atomic E-state index is 12.1. The highest BCUT2D eigenvalue weighted by molar-refractivity contribution is 8.02. The zero-order valence-corrected chi connectivity index (χ0v) is 6.86. The third-order valence-electron chi connectivity index (χ3n) is 0.447. The predicted octanol–water partition coefficient (Wildman–Crippen LogP) is 2.41. The van der Waals surface area contributed by atoms with Crippen molar-refractivity contribution in [2.75, 3.05) is 5.88 Å². The van der Waals surface area contributed by atoms with Gasteiger partial charge in [0.05, 0.1) is 5.88 Å². The van der Waals surface area contributed by atoms with Crippen molar-refractivity contribution in [3.8, 4) is 0 Å². The molecule has 0 bridgehead atoms. The number of hydrogen-bond acceptors (Lipinski definition) is 2. The summed E-state index contributed by atoms with van der Waals surface area (Å²) >= 11 is 9.96. The fraction of sp³-hybridized carbons (Fsp3) is 0.667. The molecule has 0 aliphatic carbocycles. The zero-order chi connectivity index (χ0) is 8.20. The Labute approximate surface area is 70.2 Å². The second-order valence-corrected chi connectivity index (χ2v) is 4.01. The van der Waals surface area contributed by atoms with Crippen molar-refractivity contribution in [2.24, 2.45) is 0 Å². The number of carbonyl (C=O) groups is 1. The van der Waals surface area contributed by atoms with Gasteiger partial charge in [0.25, 0.3) is 0 Å². The molecule has 1 amide bonds. The summed E-state index contributed by atoms with van der Waals surface area (Å²) < 4.78 is 20.9. The Bertz CT molecular complexity index is 128. The first-order chi connectivity index (χ1) is 4.42. The molecule has 2 nitrogen and oxygen atoms in total. The first-order valence-corrected chi connectivity index (χ1v) is 3.80. The minimum Gasteiger partial charge on any atom is -0.319 e. The van der Waals surface area contributed by atoms with E-state index in [9.17, 15) is 13.6 Å². The van der Waals surface area contributed by atoms with Crippen molar-refractivity contribution >= 4 is 41.1 Å². The molecule has 60 valence electrons. The maximum absolute atomic E-state index is 12.1. The van der Waals surface area contributed by atoms with Crippen LogP contribution in [0.15, 0.2) is 0 Å². The lowest BCUT2D eigenvalue weighted by Crippen LogP contribution is -2.18. The van der Waals surface area contributed by atoms with Crippen molar-refractivity contribution in [3.63, 3.8) is 0 Å². The van der Waals surface area contributed by atoms with Crippen molar-refractivity contribution < 1.29 is 13.6 Å². The zero-order valence-electron chi connectivity index (χ0n) is 4.54. The van der Waals surface area contributed by atoms with Crippen molar-refractivity contribution in [2.45, 2.75) is 3.92 Å². The molecule has 0 aromatic rings. The molecule has 0 saturated heterocycles. The molecule has 0 atom stereocenters. The van der Waals surface area contributed by atoms with E-state index in [0.717, 1.165) is 0 Å². The van der Waals surface area contributed by atoms with Crippen LogP contribution in [-0.4, -0.2) is 16.0 Å². The molecule has 0 aromatic carbocycles. The number of carbonyl (C=O) groups excluding carboxylic acids is 1. The van der Waals surface area contributed by atoms with Crippen LogP contribution in [0.1, 0.15) is 0 Å². The van der Waals surface area contributed by atoms with E-state index in [2.05, 4.69) is 0 Å². The van der Waals surface area contributed by atoms with Gasteiger partial charge in [-0.05, 0) is 0 Å². The van der Waals surface area contributed by atoms with Gasteiger partial charge < -0.3 is 5.32 Å². The molecule has 1 N–H and O–H groups in total. The summed E-state index contributed by atoms with van der Waals surface area (Å²) in [5.74, 6) is -0.307. The van der Waals surface area contributed by atoms with Crippen LogP contribution in [0.4, 0.5) is 13.6 Å². The Balaban J connectivity index is 3.29. The monoisotopic (exact) mass is 209 g/mol. The molecule has 0 unspecified atom stereocenters. The quantitative estimate of drug-likeness (QED) is 0.335. The van der Waals surface area contributed by atoms with E-state index in [1.54, 1.807) is 5.32 Å². The first-order valence-electron chi connectivity index (χ1n) is 2.06. The second kappa shape index (κ2) is 4.20. The maximum Gasteiger partial charge on any atom is 0.398 e. The lowest BCUT2D eigenvalue weighted by molar-refractivity contribution is 0.223. The highest BCUT2D eigenvalue weighted by Gasteiger charge is 2.22. The van der Waals surface area contributed by atoms with Gasteiger partial charge in [0, 0.05) is 0 Å². The van der Waals surface area contributed by atoms with E-state index in [1.165, 1.54) is 0 Å². The van der Waals surface area contributed by atoms with Crippen molar-refractivity contribution in [1.82, 2.24) is 5.32 Å². The molecule has 0 fully saturated rings. The Morgan fingerprint density at radius 2 is 2.20 bits per heavy atom. The van der Waals surface area contributed by atoms with Gasteiger partial charge in [0.1, 0.15) is 0 Å². The van der Waals surface area contributed by atoms with Crippen LogP contribution in [-0.2, 0) is 0 Å². The normalized spacial score (nSPS) is 11.2. The summed E-state index contributed by atoms with van der Waals surface area (Å²) in [5.41, 5.74) is 0. The van der Waals surface area contributed by atoms with Gasteiger partial charge in [-0.2, -0.15) is 4.39 Å². The molecule has 7 heteroatoms. The van der Waals surface area contributed by atoms with Crippen LogP contribution in [0, 0.1) is 0 Å². The highest BCUT2D eigenvalue weighted by Crippen LogP contribution is 2.34. The van der Waals surface area contributed by atoms with Gasteiger partial charge in [-0.15, -0.1) is 4.39 Å². The van der Waals surface area contributed by atoms with Crippen LogP contribution < -0.4 is 5.32 Å². The third kappa shape index (κ3) is 8.26. The molecule has 0 rings (SSSR count). The fourth-order valence-corrected chi connectivity index (χ4v) is 0.851. The average molecular weight is 210 g/mol. The Hall–Kier alpha value is 0.260. The van der Waals surface area contributed by atoms with Crippen molar-refractivity contribution in [3.05, 3.63) is 0 Å². The largest absolute Gasteiger partial charge is 0.398 e. The van der Waals surface area contributed by atoms with Gasteiger partial charge in [-0.25, -0.2) is 4.79 Å². The Kier molecular flexibility index (Phi) is 4.31. The number of alkyl halides is 3. The molecule has 0 spiro atoms. The lowest BCUT2D eigenvalue weighted by atomic mass is 11.2.